The predicted molar refractivity (Wildman–Crippen MR) is 53.1 cm³/mol. The SMILES string of the molecule is [2H][c-]1cccc1.[2H][c-]1cccc1.[Fe+2].[N-]=C=O. The van der Waals surface area contributed by atoms with Crippen LogP contribution in [0.5, 0.6) is 0 Å². The van der Waals surface area contributed by atoms with Crippen LogP contribution in [0.2, 0.25) is 0 Å². The van der Waals surface area contributed by atoms with Crippen LogP contribution in [0.25, 0.3) is 5.41 Å². The first-order valence-corrected chi connectivity index (χ1v) is 3.58. The first-order valence-electron chi connectivity index (χ1n) is 4.58. The van der Waals surface area contributed by atoms with Crippen molar-refractivity contribution in [3.8, 4) is 0 Å². The Hall–Kier alpha value is -1.40. The van der Waals surface area contributed by atoms with Gasteiger partial charge in [-0.25, -0.2) is 24.3 Å². The molecule has 0 heterocycles. The number of carbonyl (C=O) groups excluding carboxylic acids is 1. The van der Waals surface area contributed by atoms with Gasteiger partial charge < -0.3 is 5.41 Å². The molecule has 0 amide bonds. The van der Waals surface area contributed by atoms with E-state index in [1.54, 1.807) is 24.3 Å². The zero-order chi connectivity index (χ0) is 11.5. The molecule has 2 rings (SSSR count). The van der Waals surface area contributed by atoms with E-state index in [2.05, 4.69) is 0 Å². The van der Waals surface area contributed by atoms with Crippen LogP contribution in [0, 0.1) is 0 Å². The van der Waals surface area contributed by atoms with Crippen LogP contribution < -0.4 is 0 Å². The van der Waals surface area contributed by atoms with Gasteiger partial charge in [0.25, 0.3) is 0 Å². The van der Waals surface area contributed by atoms with E-state index < -0.39 is 0 Å². The molecule has 0 N–H and O–H groups in total. The first-order chi connectivity index (χ1) is 7.20. The summed E-state index contributed by atoms with van der Waals surface area (Å²) in [5.74, 6) is 0. The third-order valence-electron chi connectivity index (χ3n) is 0.992. The monoisotopic (exact) mass is 230 g/mol. The fraction of sp³-hybridized carbons (Fsp3) is 0. The minimum Gasteiger partial charge on any atom is -0.724 e. The molecule has 0 spiro atoms. The summed E-state index contributed by atoms with van der Waals surface area (Å²) in [7, 11) is 0. The number of nitrogens with zero attached hydrogens (tertiary/aromatic N) is 1. The topological polar surface area (TPSA) is 39.4 Å². The molecule has 0 unspecified atom stereocenters. The van der Waals surface area contributed by atoms with Crippen LogP contribution in [-0.2, 0) is 21.9 Å². The standard InChI is InChI=1S/2C5H5.CNO.Fe/c2*1-2-4-5-3-1;2-1-3;/h2*1-5H;;/q3*-1;+2/i2*1D;;. The van der Waals surface area contributed by atoms with E-state index in [0.717, 1.165) is 0 Å². The predicted octanol–water partition coefficient (Wildman–Crippen LogP) is 2.70. The Balaban J connectivity index is 0. The van der Waals surface area contributed by atoms with Crippen LogP contribution in [-0.4, -0.2) is 6.08 Å². The number of isocyanates is 1. The van der Waals surface area contributed by atoms with Crippen molar-refractivity contribution < 1.29 is 24.6 Å². The van der Waals surface area contributed by atoms with Gasteiger partial charge >= 0.3 is 17.1 Å². The van der Waals surface area contributed by atoms with Gasteiger partial charge in [0.1, 0.15) is 0 Å². The Morgan fingerprint density at radius 1 is 1.00 bits per heavy atom. The Bertz CT molecular complexity index is 332. The molecule has 14 heavy (non-hydrogen) atoms. The molecule has 2 nitrogen and oxygen atoms in total. The fourth-order valence-corrected chi connectivity index (χ4v) is 0.556. The summed E-state index contributed by atoms with van der Waals surface area (Å²) in [5.41, 5.74) is 0. The molecule has 74 valence electrons. The van der Waals surface area contributed by atoms with E-state index in [1.165, 1.54) is 0 Å². The molecule has 0 aliphatic heterocycles. The van der Waals surface area contributed by atoms with Gasteiger partial charge in [0.05, 0.1) is 0 Å². The summed E-state index contributed by atoms with van der Waals surface area (Å²) in [6.45, 7) is 0. The van der Waals surface area contributed by atoms with E-state index in [0.29, 0.717) is 18.2 Å². The average molecular weight is 230 g/mol. The summed E-state index contributed by atoms with van der Waals surface area (Å²) < 4.78 is 13.8. The van der Waals surface area contributed by atoms with Crippen molar-refractivity contribution in [2.45, 2.75) is 0 Å². The largest absolute Gasteiger partial charge is 2.00 e. The van der Waals surface area contributed by atoms with Crippen LogP contribution in [0.1, 0.15) is 2.74 Å². The van der Waals surface area contributed by atoms with Crippen molar-refractivity contribution in [3.05, 3.63) is 66.0 Å². The molecule has 0 aliphatic carbocycles. The molecule has 0 bridgehead atoms. The molecular formula is C11H10FeNO-. The molecule has 0 saturated carbocycles. The number of hydrogen-bond acceptors (Lipinski definition) is 1. The van der Waals surface area contributed by atoms with Gasteiger partial charge in [0, 0.05) is 0 Å². The van der Waals surface area contributed by atoms with Crippen molar-refractivity contribution in [2.24, 2.45) is 0 Å². The summed E-state index contributed by atoms with van der Waals surface area (Å²) in [5, 5.41) is 6.76. The van der Waals surface area contributed by atoms with E-state index in [1.807, 2.05) is 24.3 Å². The van der Waals surface area contributed by atoms with E-state index in [4.69, 9.17) is 12.9 Å². The van der Waals surface area contributed by atoms with Gasteiger partial charge in [-0.05, 0) is 8.82 Å². The number of hydrogen-bond donors (Lipinski definition) is 0. The Kier molecular flexibility index (Phi) is 10.8. The summed E-state index contributed by atoms with van der Waals surface area (Å²) in [4.78, 5) is 8.24. The normalized spacial score (nSPS) is 8.29. The summed E-state index contributed by atoms with van der Waals surface area (Å²) in [6.07, 6.45) is 0.500. The van der Waals surface area contributed by atoms with Gasteiger partial charge in [-0.3, -0.25) is 4.79 Å². The van der Waals surface area contributed by atoms with Crippen molar-refractivity contribution in [1.82, 2.24) is 0 Å². The molecule has 3 heteroatoms. The van der Waals surface area contributed by atoms with Crippen molar-refractivity contribution >= 4 is 6.08 Å². The second-order valence-electron chi connectivity index (χ2n) is 1.86. The molecule has 0 aromatic heterocycles. The minimum atomic E-state index is 0. The second kappa shape index (κ2) is 14.1. The molecule has 0 atom stereocenters. The maximum atomic E-state index is 8.24. The second-order valence-corrected chi connectivity index (χ2v) is 1.86. The van der Waals surface area contributed by atoms with E-state index in [9.17, 15) is 0 Å². The Morgan fingerprint density at radius 2 is 1.21 bits per heavy atom. The van der Waals surface area contributed by atoms with Crippen molar-refractivity contribution in [2.75, 3.05) is 0 Å². The molecule has 0 saturated heterocycles. The summed E-state index contributed by atoms with van der Waals surface area (Å²) in [6, 6.07) is 15.6. The van der Waals surface area contributed by atoms with Gasteiger partial charge in [0.15, 0.2) is 0 Å². The van der Waals surface area contributed by atoms with Gasteiger partial charge in [-0.2, -0.15) is 36.4 Å². The molecule has 2 aromatic rings. The molecule has 2 aromatic carbocycles. The van der Waals surface area contributed by atoms with Crippen LogP contribution in [0.15, 0.2) is 60.6 Å². The Labute approximate surface area is 97.1 Å². The van der Waals surface area contributed by atoms with Crippen molar-refractivity contribution in [1.29, 1.82) is 0 Å². The molecular weight excluding hydrogens is 218 g/mol. The van der Waals surface area contributed by atoms with Crippen LogP contribution >= 0.6 is 0 Å². The maximum Gasteiger partial charge on any atom is 2.00 e. The van der Waals surface area contributed by atoms with Gasteiger partial charge in [-0.1, -0.05) is 0 Å². The average Bonchev–Trinajstić information content (AvgIpc) is 2.81. The molecule has 0 radical (unpaired) electrons. The zero-order valence-corrected chi connectivity index (χ0v) is 8.43. The number of rotatable bonds is 0. The first kappa shape index (κ1) is 10.7. The van der Waals surface area contributed by atoms with Crippen LogP contribution in [0.4, 0.5) is 0 Å². The van der Waals surface area contributed by atoms with Crippen molar-refractivity contribution in [3.63, 3.8) is 0 Å². The van der Waals surface area contributed by atoms with E-state index in [-0.39, 0.29) is 17.1 Å². The Morgan fingerprint density at radius 3 is 1.29 bits per heavy atom. The third-order valence-corrected chi connectivity index (χ3v) is 0.992. The molecule has 0 fully saturated rings. The van der Waals surface area contributed by atoms with Gasteiger partial charge in [0.2, 0.25) is 0 Å². The van der Waals surface area contributed by atoms with E-state index >= 15 is 0 Å². The maximum absolute atomic E-state index is 8.24. The molecule has 0 aliphatic rings. The third kappa shape index (κ3) is 13.2. The minimum absolute atomic E-state index is 0. The smallest absolute Gasteiger partial charge is 0.724 e. The van der Waals surface area contributed by atoms with Gasteiger partial charge in [-0.15, -0.1) is 0 Å². The fourth-order valence-electron chi connectivity index (χ4n) is 0.556. The quantitative estimate of drug-likeness (QED) is 0.297. The zero-order valence-electron chi connectivity index (χ0n) is 9.33. The summed E-state index contributed by atoms with van der Waals surface area (Å²) >= 11 is 0. The van der Waals surface area contributed by atoms with Crippen LogP contribution in [0.3, 0.4) is 0 Å².